The number of thioether (sulfide) groups is 1. The summed E-state index contributed by atoms with van der Waals surface area (Å²) in [5.41, 5.74) is 2.37. The molecule has 0 saturated heterocycles. The molecule has 0 aliphatic heterocycles. The number of imidazole rings is 1. The van der Waals surface area contributed by atoms with Crippen molar-refractivity contribution in [1.29, 1.82) is 5.26 Å². The Morgan fingerprint density at radius 1 is 1.41 bits per heavy atom. The van der Waals surface area contributed by atoms with E-state index in [0.29, 0.717) is 6.04 Å². The van der Waals surface area contributed by atoms with E-state index in [1.807, 2.05) is 6.92 Å². The molecule has 1 saturated carbocycles. The molecule has 3 nitrogen and oxygen atoms in total. The van der Waals surface area contributed by atoms with Crippen LogP contribution in [0, 0.1) is 25.2 Å². The smallest absolute Gasteiger partial charge is 0.169 e. The van der Waals surface area contributed by atoms with Crippen LogP contribution in [0.25, 0.3) is 0 Å². The molecule has 0 bridgehead atoms. The van der Waals surface area contributed by atoms with E-state index in [0.717, 1.165) is 10.9 Å². The molecule has 1 aromatic heterocycles. The van der Waals surface area contributed by atoms with E-state index in [2.05, 4.69) is 29.5 Å². The molecule has 92 valence electrons. The summed E-state index contributed by atoms with van der Waals surface area (Å²) < 4.78 is 2.36. The van der Waals surface area contributed by atoms with E-state index < -0.39 is 0 Å². The van der Waals surface area contributed by atoms with Gasteiger partial charge in [0.15, 0.2) is 5.16 Å². The molecule has 1 fully saturated rings. The van der Waals surface area contributed by atoms with Gasteiger partial charge in [-0.3, -0.25) is 0 Å². The minimum absolute atomic E-state index is 0.0312. The molecule has 1 atom stereocenters. The standard InChI is InChI=1S/C13H19N3S/c1-9(8-14)17-13-15-10(2)11(3)16(13)12-6-4-5-7-12/h9,12H,4-7H2,1-3H3. The maximum Gasteiger partial charge on any atom is 0.169 e. The SMILES string of the molecule is Cc1nc(SC(C)C#N)n(C2CCCC2)c1C. The predicted molar refractivity (Wildman–Crippen MR) is 70.1 cm³/mol. The summed E-state index contributed by atoms with van der Waals surface area (Å²) in [6, 6.07) is 2.87. The Kier molecular flexibility index (Phi) is 3.78. The third kappa shape index (κ3) is 2.50. The average Bonchev–Trinajstić information content (AvgIpc) is 2.89. The number of nitrogens with zero attached hydrogens (tertiary/aromatic N) is 3. The van der Waals surface area contributed by atoms with Gasteiger partial charge in [0, 0.05) is 11.7 Å². The van der Waals surface area contributed by atoms with Gasteiger partial charge in [-0.1, -0.05) is 24.6 Å². The summed E-state index contributed by atoms with van der Waals surface area (Å²) in [4.78, 5) is 4.62. The van der Waals surface area contributed by atoms with E-state index in [9.17, 15) is 0 Å². The van der Waals surface area contributed by atoms with Gasteiger partial charge < -0.3 is 4.57 Å². The first-order chi connectivity index (χ1) is 8.13. The summed E-state index contributed by atoms with van der Waals surface area (Å²) in [6.45, 7) is 6.13. The second-order valence-electron chi connectivity index (χ2n) is 4.76. The van der Waals surface area contributed by atoms with Crippen molar-refractivity contribution in [3.8, 4) is 6.07 Å². The zero-order valence-electron chi connectivity index (χ0n) is 10.7. The number of hydrogen-bond donors (Lipinski definition) is 0. The predicted octanol–water partition coefficient (Wildman–Crippen LogP) is 3.62. The number of aryl methyl sites for hydroxylation is 1. The fourth-order valence-corrected chi connectivity index (χ4v) is 3.41. The Morgan fingerprint density at radius 2 is 2.06 bits per heavy atom. The van der Waals surface area contributed by atoms with Crippen LogP contribution in [0.5, 0.6) is 0 Å². The zero-order valence-corrected chi connectivity index (χ0v) is 11.5. The normalized spacial score (nSPS) is 18.2. The number of hydrogen-bond acceptors (Lipinski definition) is 3. The van der Waals surface area contributed by atoms with Crippen LogP contribution in [0.1, 0.15) is 50.0 Å². The van der Waals surface area contributed by atoms with Crippen LogP contribution < -0.4 is 0 Å². The molecule has 1 aliphatic rings. The van der Waals surface area contributed by atoms with E-state index >= 15 is 0 Å². The van der Waals surface area contributed by atoms with Gasteiger partial charge in [0.2, 0.25) is 0 Å². The zero-order chi connectivity index (χ0) is 12.4. The lowest BCUT2D eigenvalue weighted by Gasteiger charge is -2.17. The molecule has 4 heteroatoms. The highest BCUT2D eigenvalue weighted by Gasteiger charge is 2.23. The molecule has 1 unspecified atom stereocenters. The molecular weight excluding hydrogens is 230 g/mol. The Labute approximate surface area is 107 Å². The highest BCUT2D eigenvalue weighted by Crippen LogP contribution is 2.36. The summed E-state index contributed by atoms with van der Waals surface area (Å²) >= 11 is 1.58. The van der Waals surface area contributed by atoms with Crippen molar-refractivity contribution in [3.63, 3.8) is 0 Å². The lowest BCUT2D eigenvalue weighted by Crippen LogP contribution is -2.09. The molecule has 0 aromatic carbocycles. The van der Waals surface area contributed by atoms with Gasteiger partial charge in [0.25, 0.3) is 0 Å². The van der Waals surface area contributed by atoms with Gasteiger partial charge in [0.05, 0.1) is 17.0 Å². The number of aromatic nitrogens is 2. The molecule has 0 radical (unpaired) electrons. The van der Waals surface area contributed by atoms with Crippen LogP contribution in [-0.4, -0.2) is 14.8 Å². The van der Waals surface area contributed by atoms with Crippen LogP contribution in [0.3, 0.4) is 0 Å². The van der Waals surface area contributed by atoms with Crippen molar-refractivity contribution in [3.05, 3.63) is 11.4 Å². The average molecular weight is 249 g/mol. The molecular formula is C13H19N3S. The van der Waals surface area contributed by atoms with Crippen LogP contribution in [0.4, 0.5) is 0 Å². The van der Waals surface area contributed by atoms with Crippen LogP contribution in [-0.2, 0) is 0 Å². The molecule has 17 heavy (non-hydrogen) atoms. The Bertz CT molecular complexity index is 438. The molecule has 1 aliphatic carbocycles. The van der Waals surface area contributed by atoms with Gasteiger partial charge in [-0.25, -0.2) is 4.98 Å². The van der Waals surface area contributed by atoms with E-state index in [4.69, 9.17) is 5.26 Å². The van der Waals surface area contributed by atoms with Crippen LogP contribution >= 0.6 is 11.8 Å². The number of rotatable bonds is 3. The largest absolute Gasteiger partial charge is 0.320 e. The van der Waals surface area contributed by atoms with Gasteiger partial charge in [-0.2, -0.15) is 5.26 Å². The number of nitriles is 1. The molecule has 0 N–H and O–H groups in total. The molecule has 1 heterocycles. The van der Waals surface area contributed by atoms with Gasteiger partial charge >= 0.3 is 0 Å². The lowest BCUT2D eigenvalue weighted by atomic mass is 10.2. The van der Waals surface area contributed by atoms with Crippen LogP contribution in [0.2, 0.25) is 0 Å². The molecule has 0 spiro atoms. The monoisotopic (exact) mass is 249 g/mol. The highest BCUT2D eigenvalue weighted by atomic mass is 32.2. The maximum absolute atomic E-state index is 8.92. The van der Waals surface area contributed by atoms with Crippen molar-refractivity contribution in [2.45, 2.75) is 62.9 Å². The molecule has 0 amide bonds. The quantitative estimate of drug-likeness (QED) is 0.768. The van der Waals surface area contributed by atoms with Crippen molar-refractivity contribution in [1.82, 2.24) is 9.55 Å². The fraction of sp³-hybridized carbons (Fsp3) is 0.692. The third-order valence-electron chi connectivity index (χ3n) is 3.51. The Morgan fingerprint density at radius 3 is 2.65 bits per heavy atom. The molecule has 1 aromatic rings. The first-order valence-corrected chi connectivity index (χ1v) is 7.13. The summed E-state index contributed by atoms with van der Waals surface area (Å²) in [7, 11) is 0. The summed E-state index contributed by atoms with van der Waals surface area (Å²) in [6.07, 6.45) is 5.15. The van der Waals surface area contributed by atoms with Crippen molar-refractivity contribution < 1.29 is 0 Å². The van der Waals surface area contributed by atoms with Crippen molar-refractivity contribution >= 4 is 11.8 Å². The Hall–Kier alpha value is -0.950. The summed E-state index contributed by atoms with van der Waals surface area (Å²) in [5.74, 6) is 0. The lowest BCUT2D eigenvalue weighted by molar-refractivity contribution is 0.471. The van der Waals surface area contributed by atoms with E-state index in [-0.39, 0.29) is 5.25 Å². The third-order valence-corrected chi connectivity index (χ3v) is 4.47. The minimum Gasteiger partial charge on any atom is -0.320 e. The van der Waals surface area contributed by atoms with Crippen LogP contribution in [0.15, 0.2) is 5.16 Å². The topological polar surface area (TPSA) is 41.6 Å². The second-order valence-corrected chi connectivity index (χ2v) is 6.07. The fourth-order valence-electron chi connectivity index (χ4n) is 2.46. The van der Waals surface area contributed by atoms with E-state index in [1.165, 1.54) is 31.4 Å². The first kappa shape index (κ1) is 12.5. The summed E-state index contributed by atoms with van der Waals surface area (Å²) in [5, 5.41) is 9.92. The van der Waals surface area contributed by atoms with Crippen molar-refractivity contribution in [2.24, 2.45) is 0 Å². The second kappa shape index (κ2) is 5.14. The highest BCUT2D eigenvalue weighted by molar-refractivity contribution is 8.00. The van der Waals surface area contributed by atoms with Gasteiger partial charge in [-0.05, 0) is 33.6 Å². The van der Waals surface area contributed by atoms with Crippen molar-refractivity contribution in [2.75, 3.05) is 0 Å². The maximum atomic E-state index is 8.92. The van der Waals surface area contributed by atoms with E-state index in [1.54, 1.807) is 11.8 Å². The van der Waals surface area contributed by atoms with Gasteiger partial charge in [0.1, 0.15) is 0 Å². The molecule has 2 rings (SSSR count). The Balaban J connectivity index is 2.31. The van der Waals surface area contributed by atoms with Gasteiger partial charge in [-0.15, -0.1) is 0 Å². The first-order valence-electron chi connectivity index (χ1n) is 6.25. The minimum atomic E-state index is -0.0312.